The fourth-order valence-electron chi connectivity index (χ4n) is 0.919. The lowest BCUT2D eigenvalue weighted by Gasteiger charge is -2.03. The molecule has 0 aliphatic carbocycles. The molecule has 0 saturated heterocycles. The molecule has 13 heavy (non-hydrogen) atoms. The van der Waals surface area contributed by atoms with E-state index in [4.69, 9.17) is 6.42 Å². The maximum atomic E-state index is 5.33. The molecule has 0 saturated carbocycles. The third-order valence-electron chi connectivity index (χ3n) is 1.54. The summed E-state index contributed by atoms with van der Waals surface area (Å²) in [4.78, 5) is 0. The third-order valence-corrected chi connectivity index (χ3v) is 1.54. The number of hydrogen-bond donors (Lipinski definition) is 0. The first-order valence-corrected chi connectivity index (χ1v) is 4.01. The quantitative estimate of drug-likeness (QED) is 0.375. The summed E-state index contributed by atoms with van der Waals surface area (Å²) in [7, 11) is 3.74. The summed E-state index contributed by atoms with van der Waals surface area (Å²) < 4.78 is 0. The van der Waals surface area contributed by atoms with Crippen molar-refractivity contribution in [1.82, 2.24) is 5.01 Å². The fourth-order valence-corrected chi connectivity index (χ4v) is 0.919. The van der Waals surface area contributed by atoms with E-state index in [0.29, 0.717) is 0 Å². The zero-order valence-corrected chi connectivity index (χ0v) is 7.86. The zero-order chi connectivity index (χ0) is 9.68. The second-order valence-electron chi connectivity index (χ2n) is 2.82. The molecule has 1 rings (SSSR count). The van der Waals surface area contributed by atoms with Gasteiger partial charge in [-0.2, -0.15) is 5.10 Å². The highest BCUT2D eigenvalue weighted by molar-refractivity contribution is 5.83. The normalized spacial score (nSPS) is 9.92. The van der Waals surface area contributed by atoms with Crippen LogP contribution in [0.15, 0.2) is 29.4 Å². The average molecular weight is 172 g/mol. The number of rotatable bonds is 2. The van der Waals surface area contributed by atoms with E-state index in [1.54, 1.807) is 11.2 Å². The van der Waals surface area contributed by atoms with Gasteiger partial charge in [0.25, 0.3) is 0 Å². The van der Waals surface area contributed by atoms with Gasteiger partial charge in [0.1, 0.15) is 0 Å². The van der Waals surface area contributed by atoms with E-state index in [0.717, 1.165) is 11.1 Å². The Morgan fingerprint density at radius 3 is 2.69 bits per heavy atom. The molecular weight excluding hydrogens is 160 g/mol. The number of hydrazone groups is 1. The first-order valence-electron chi connectivity index (χ1n) is 4.01. The molecule has 0 radical (unpaired) electrons. The third kappa shape index (κ3) is 2.64. The van der Waals surface area contributed by atoms with Crippen molar-refractivity contribution in [2.75, 3.05) is 14.1 Å². The molecule has 0 aliphatic heterocycles. The zero-order valence-electron chi connectivity index (χ0n) is 7.86. The molecule has 0 unspecified atom stereocenters. The van der Waals surface area contributed by atoms with Crippen LogP contribution in [0.1, 0.15) is 11.1 Å². The molecule has 0 aromatic heterocycles. The predicted octanol–water partition coefficient (Wildman–Crippen LogP) is 1.56. The Morgan fingerprint density at radius 1 is 1.38 bits per heavy atom. The standard InChI is InChI=1S/C11H12N2/c1-4-10-7-5-6-8-11(10)9-12-13(2)3/h1,5-9H,2-3H3/b12-9+. The van der Waals surface area contributed by atoms with Gasteiger partial charge < -0.3 is 5.01 Å². The van der Waals surface area contributed by atoms with Crippen molar-refractivity contribution in [1.29, 1.82) is 0 Å². The lowest BCUT2D eigenvalue weighted by atomic mass is 10.1. The predicted molar refractivity (Wildman–Crippen MR) is 55.7 cm³/mol. The minimum Gasteiger partial charge on any atom is -0.303 e. The van der Waals surface area contributed by atoms with Crippen LogP contribution in [0.4, 0.5) is 0 Å². The van der Waals surface area contributed by atoms with Crippen molar-refractivity contribution in [3.8, 4) is 12.3 Å². The van der Waals surface area contributed by atoms with Crippen LogP contribution in [0.3, 0.4) is 0 Å². The maximum absolute atomic E-state index is 5.33. The van der Waals surface area contributed by atoms with Gasteiger partial charge in [0.15, 0.2) is 0 Å². The van der Waals surface area contributed by atoms with Crippen LogP contribution in [0, 0.1) is 12.3 Å². The highest BCUT2D eigenvalue weighted by Crippen LogP contribution is 2.03. The molecule has 0 amide bonds. The summed E-state index contributed by atoms with van der Waals surface area (Å²) in [6, 6.07) is 7.71. The number of terminal acetylenes is 1. The summed E-state index contributed by atoms with van der Waals surface area (Å²) in [5.41, 5.74) is 1.84. The first-order chi connectivity index (χ1) is 6.24. The van der Waals surface area contributed by atoms with Gasteiger partial charge in [-0.25, -0.2) is 0 Å². The van der Waals surface area contributed by atoms with Gasteiger partial charge in [-0.1, -0.05) is 24.1 Å². The second kappa shape index (κ2) is 4.32. The van der Waals surface area contributed by atoms with Crippen LogP contribution in [0.25, 0.3) is 0 Å². The number of benzene rings is 1. The molecule has 0 fully saturated rings. The molecule has 0 N–H and O–H groups in total. The highest BCUT2D eigenvalue weighted by atomic mass is 15.4. The molecule has 0 aliphatic rings. The van der Waals surface area contributed by atoms with E-state index in [1.807, 2.05) is 38.4 Å². The average Bonchev–Trinajstić information content (AvgIpc) is 2.15. The van der Waals surface area contributed by atoms with E-state index >= 15 is 0 Å². The summed E-state index contributed by atoms with van der Waals surface area (Å²) in [6.07, 6.45) is 7.09. The van der Waals surface area contributed by atoms with Crippen LogP contribution in [0.2, 0.25) is 0 Å². The topological polar surface area (TPSA) is 15.6 Å². The van der Waals surface area contributed by atoms with Crippen molar-refractivity contribution in [2.45, 2.75) is 0 Å². The molecule has 1 aromatic carbocycles. The molecule has 0 bridgehead atoms. The van der Waals surface area contributed by atoms with Gasteiger partial charge in [0, 0.05) is 25.2 Å². The van der Waals surface area contributed by atoms with Gasteiger partial charge >= 0.3 is 0 Å². The first kappa shape index (κ1) is 9.34. The van der Waals surface area contributed by atoms with Crippen molar-refractivity contribution in [3.05, 3.63) is 35.4 Å². The van der Waals surface area contributed by atoms with E-state index in [1.165, 1.54) is 0 Å². The Labute approximate surface area is 78.9 Å². The van der Waals surface area contributed by atoms with Crippen LogP contribution < -0.4 is 0 Å². The highest BCUT2D eigenvalue weighted by Gasteiger charge is 1.93. The van der Waals surface area contributed by atoms with E-state index in [9.17, 15) is 0 Å². The molecule has 0 atom stereocenters. The summed E-state index contributed by atoms with van der Waals surface area (Å²) in [5.74, 6) is 2.61. The van der Waals surface area contributed by atoms with Gasteiger partial charge in [0.2, 0.25) is 0 Å². The Morgan fingerprint density at radius 2 is 2.08 bits per heavy atom. The molecule has 0 spiro atoms. The SMILES string of the molecule is C#Cc1ccccc1/C=N/N(C)C. The van der Waals surface area contributed by atoms with Crippen molar-refractivity contribution in [2.24, 2.45) is 5.10 Å². The van der Waals surface area contributed by atoms with E-state index in [2.05, 4.69) is 11.0 Å². The number of hydrogen-bond acceptors (Lipinski definition) is 2. The van der Waals surface area contributed by atoms with Crippen molar-refractivity contribution < 1.29 is 0 Å². The molecule has 1 aromatic rings. The van der Waals surface area contributed by atoms with Crippen LogP contribution >= 0.6 is 0 Å². The Balaban J connectivity index is 2.95. The minimum atomic E-state index is 0.869. The monoisotopic (exact) mass is 172 g/mol. The smallest absolute Gasteiger partial charge is 0.0555 e. The van der Waals surface area contributed by atoms with Crippen molar-refractivity contribution >= 4 is 6.21 Å². The lowest BCUT2D eigenvalue weighted by molar-refractivity contribution is 0.440. The molecule has 0 heterocycles. The molecular formula is C11H12N2. The van der Waals surface area contributed by atoms with Crippen LogP contribution in [-0.4, -0.2) is 25.3 Å². The second-order valence-corrected chi connectivity index (χ2v) is 2.82. The van der Waals surface area contributed by atoms with Gasteiger partial charge in [-0.3, -0.25) is 0 Å². The van der Waals surface area contributed by atoms with Gasteiger partial charge in [-0.15, -0.1) is 6.42 Å². The fraction of sp³-hybridized carbons (Fsp3) is 0.182. The molecule has 2 heteroatoms. The summed E-state index contributed by atoms with van der Waals surface area (Å²) >= 11 is 0. The largest absolute Gasteiger partial charge is 0.303 e. The Kier molecular flexibility index (Phi) is 3.10. The molecule has 2 nitrogen and oxygen atoms in total. The molecule has 66 valence electrons. The van der Waals surface area contributed by atoms with Gasteiger partial charge in [-0.05, 0) is 6.07 Å². The number of nitrogens with zero attached hydrogens (tertiary/aromatic N) is 2. The lowest BCUT2D eigenvalue weighted by Crippen LogP contribution is -2.02. The van der Waals surface area contributed by atoms with Crippen LogP contribution in [0.5, 0.6) is 0 Å². The maximum Gasteiger partial charge on any atom is 0.0555 e. The summed E-state index contributed by atoms with van der Waals surface area (Å²) in [5, 5.41) is 5.85. The van der Waals surface area contributed by atoms with Gasteiger partial charge in [0.05, 0.1) is 6.21 Å². The van der Waals surface area contributed by atoms with Crippen LogP contribution in [-0.2, 0) is 0 Å². The Bertz CT molecular complexity index is 345. The summed E-state index contributed by atoms with van der Waals surface area (Å²) in [6.45, 7) is 0. The van der Waals surface area contributed by atoms with E-state index in [-0.39, 0.29) is 0 Å². The minimum absolute atomic E-state index is 0.869. The van der Waals surface area contributed by atoms with E-state index < -0.39 is 0 Å². The Hall–Kier alpha value is -1.75. The van der Waals surface area contributed by atoms with Crippen molar-refractivity contribution in [3.63, 3.8) is 0 Å².